The van der Waals surface area contributed by atoms with Crippen molar-refractivity contribution in [3.8, 4) is 5.75 Å². The molecule has 0 radical (unpaired) electrons. The number of halogens is 1. The van der Waals surface area contributed by atoms with Gasteiger partial charge in [-0.25, -0.2) is 0 Å². The van der Waals surface area contributed by atoms with Crippen molar-refractivity contribution >= 4 is 17.5 Å². The molecule has 0 aliphatic carbocycles. The Morgan fingerprint density at radius 3 is 2.39 bits per heavy atom. The standard InChI is InChI=1S/C19H22ClNO2/c1-23-17-12-10-15(11-13-17)18(9-5-6-14-20)21-19(22)16-7-3-2-4-8-16/h2-4,7-8,10-13,18H,5-6,9,14H2,1H3,(H,21,22)/t18-/m0/s1. The van der Waals surface area contributed by atoms with Crippen LogP contribution in [0.1, 0.15) is 41.2 Å². The molecular formula is C19H22ClNO2. The highest BCUT2D eigenvalue weighted by atomic mass is 35.5. The number of carbonyl (C=O) groups excluding carboxylic acids is 1. The Labute approximate surface area is 142 Å². The molecule has 3 nitrogen and oxygen atoms in total. The van der Waals surface area contributed by atoms with Gasteiger partial charge in [0, 0.05) is 11.4 Å². The lowest BCUT2D eigenvalue weighted by Gasteiger charge is -2.19. The average molecular weight is 332 g/mol. The minimum absolute atomic E-state index is 0.0307. The van der Waals surface area contributed by atoms with E-state index in [4.69, 9.17) is 16.3 Å². The molecule has 2 rings (SSSR count). The van der Waals surface area contributed by atoms with E-state index in [1.807, 2.05) is 54.6 Å². The maximum absolute atomic E-state index is 12.4. The molecular weight excluding hydrogens is 310 g/mol. The lowest BCUT2D eigenvalue weighted by atomic mass is 10.0. The molecule has 4 heteroatoms. The first kappa shape index (κ1) is 17.4. The first-order valence-corrected chi connectivity index (χ1v) is 8.34. The molecule has 0 aliphatic heterocycles. The molecule has 0 saturated heterocycles. The summed E-state index contributed by atoms with van der Waals surface area (Å²) in [7, 11) is 1.64. The van der Waals surface area contributed by atoms with Gasteiger partial charge in [-0.1, -0.05) is 30.3 Å². The molecule has 0 aromatic heterocycles. The normalized spacial score (nSPS) is 11.7. The highest BCUT2D eigenvalue weighted by molar-refractivity contribution is 6.17. The smallest absolute Gasteiger partial charge is 0.251 e. The summed E-state index contributed by atoms with van der Waals surface area (Å²) < 4.78 is 5.19. The van der Waals surface area contributed by atoms with Crippen molar-refractivity contribution in [3.05, 3.63) is 65.7 Å². The number of rotatable bonds is 8. The summed E-state index contributed by atoms with van der Waals surface area (Å²) in [5, 5.41) is 3.12. The summed E-state index contributed by atoms with van der Waals surface area (Å²) >= 11 is 5.77. The first-order chi connectivity index (χ1) is 11.2. The van der Waals surface area contributed by atoms with Gasteiger partial charge in [0.1, 0.15) is 5.75 Å². The van der Waals surface area contributed by atoms with Crippen LogP contribution in [0.2, 0.25) is 0 Å². The zero-order chi connectivity index (χ0) is 16.5. The Morgan fingerprint density at radius 2 is 1.78 bits per heavy atom. The number of hydrogen-bond donors (Lipinski definition) is 1. The quantitative estimate of drug-likeness (QED) is 0.568. The number of alkyl halides is 1. The van der Waals surface area contributed by atoms with Gasteiger partial charge in [-0.15, -0.1) is 11.6 Å². The summed E-state index contributed by atoms with van der Waals surface area (Å²) in [5.74, 6) is 1.39. The SMILES string of the molecule is COc1ccc([C@H](CCCCCl)NC(=O)c2ccccc2)cc1. The number of nitrogens with one attached hydrogen (secondary N) is 1. The number of benzene rings is 2. The van der Waals surface area contributed by atoms with Gasteiger partial charge in [-0.05, 0) is 49.1 Å². The average Bonchev–Trinajstić information content (AvgIpc) is 2.62. The lowest BCUT2D eigenvalue weighted by molar-refractivity contribution is 0.0934. The molecule has 1 atom stereocenters. The predicted molar refractivity (Wildman–Crippen MR) is 94.2 cm³/mol. The number of unbranched alkanes of at least 4 members (excludes halogenated alkanes) is 1. The van der Waals surface area contributed by atoms with Gasteiger partial charge in [-0.3, -0.25) is 4.79 Å². The van der Waals surface area contributed by atoms with E-state index in [0.717, 1.165) is 30.6 Å². The number of ether oxygens (including phenoxy) is 1. The number of hydrogen-bond acceptors (Lipinski definition) is 2. The monoisotopic (exact) mass is 331 g/mol. The Kier molecular flexibility index (Phi) is 6.95. The van der Waals surface area contributed by atoms with Gasteiger partial charge in [0.05, 0.1) is 13.2 Å². The Morgan fingerprint density at radius 1 is 1.09 bits per heavy atom. The molecule has 23 heavy (non-hydrogen) atoms. The topological polar surface area (TPSA) is 38.3 Å². The molecule has 0 spiro atoms. The second-order valence-electron chi connectivity index (χ2n) is 5.35. The van der Waals surface area contributed by atoms with Crippen LogP contribution in [-0.2, 0) is 0 Å². The highest BCUT2D eigenvalue weighted by Gasteiger charge is 2.15. The number of carbonyl (C=O) groups is 1. The summed E-state index contributed by atoms with van der Waals surface area (Å²) in [6, 6.07) is 17.1. The summed E-state index contributed by atoms with van der Waals surface area (Å²) in [4.78, 5) is 12.4. The van der Waals surface area contributed by atoms with Crippen molar-refractivity contribution in [1.82, 2.24) is 5.32 Å². The molecule has 0 heterocycles. The molecule has 0 saturated carbocycles. The fourth-order valence-electron chi connectivity index (χ4n) is 2.43. The van der Waals surface area contributed by atoms with E-state index >= 15 is 0 Å². The van der Waals surface area contributed by atoms with E-state index in [-0.39, 0.29) is 11.9 Å². The van der Waals surface area contributed by atoms with E-state index in [9.17, 15) is 4.79 Å². The maximum Gasteiger partial charge on any atom is 0.251 e. The fourth-order valence-corrected chi connectivity index (χ4v) is 2.62. The second kappa shape index (κ2) is 9.21. The molecule has 1 N–H and O–H groups in total. The molecule has 2 aromatic carbocycles. The Bertz CT molecular complexity index is 599. The second-order valence-corrected chi connectivity index (χ2v) is 5.73. The van der Waals surface area contributed by atoms with Gasteiger partial charge >= 0.3 is 0 Å². The maximum atomic E-state index is 12.4. The van der Waals surface area contributed by atoms with Crippen LogP contribution in [-0.4, -0.2) is 18.9 Å². The van der Waals surface area contributed by atoms with E-state index < -0.39 is 0 Å². The highest BCUT2D eigenvalue weighted by Crippen LogP contribution is 2.23. The van der Waals surface area contributed by atoms with Crippen LogP contribution in [0.15, 0.2) is 54.6 Å². The molecule has 0 fully saturated rings. The summed E-state index contributed by atoms with van der Waals surface area (Å²) in [6.45, 7) is 0. The summed E-state index contributed by atoms with van der Waals surface area (Å²) in [5.41, 5.74) is 1.74. The van der Waals surface area contributed by atoms with E-state index in [2.05, 4.69) is 5.32 Å². The van der Waals surface area contributed by atoms with Crippen molar-refractivity contribution < 1.29 is 9.53 Å². The van der Waals surface area contributed by atoms with Crippen LogP contribution in [0.5, 0.6) is 5.75 Å². The zero-order valence-electron chi connectivity index (χ0n) is 13.3. The molecule has 0 aliphatic rings. The van der Waals surface area contributed by atoms with Crippen LogP contribution in [0.3, 0.4) is 0 Å². The Balaban J connectivity index is 2.11. The molecule has 2 aromatic rings. The van der Waals surface area contributed by atoms with Crippen molar-refractivity contribution in [2.75, 3.05) is 13.0 Å². The minimum atomic E-state index is -0.0581. The van der Waals surface area contributed by atoms with Crippen LogP contribution in [0, 0.1) is 0 Å². The largest absolute Gasteiger partial charge is 0.497 e. The van der Waals surface area contributed by atoms with Gasteiger partial charge in [-0.2, -0.15) is 0 Å². The van der Waals surface area contributed by atoms with Crippen molar-refractivity contribution in [3.63, 3.8) is 0 Å². The lowest BCUT2D eigenvalue weighted by Crippen LogP contribution is -2.28. The van der Waals surface area contributed by atoms with Crippen LogP contribution < -0.4 is 10.1 Å². The van der Waals surface area contributed by atoms with Crippen molar-refractivity contribution in [1.29, 1.82) is 0 Å². The van der Waals surface area contributed by atoms with E-state index in [0.29, 0.717) is 11.4 Å². The molecule has 0 unspecified atom stereocenters. The molecule has 0 bridgehead atoms. The third-order valence-electron chi connectivity index (χ3n) is 3.74. The summed E-state index contributed by atoms with van der Waals surface area (Å²) in [6.07, 6.45) is 2.77. The number of amides is 1. The van der Waals surface area contributed by atoms with Crippen LogP contribution in [0.4, 0.5) is 0 Å². The van der Waals surface area contributed by atoms with Gasteiger partial charge in [0.15, 0.2) is 0 Å². The van der Waals surface area contributed by atoms with Gasteiger partial charge in [0.25, 0.3) is 5.91 Å². The van der Waals surface area contributed by atoms with Crippen LogP contribution in [0.25, 0.3) is 0 Å². The van der Waals surface area contributed by atoms with Crippen molar-refractivity contribution in [2.45, 2.75) is 25.3 Å². The fraction of sp³-hybridized carbons (Fsp3) is 0.316. The van der Waals surface area contributed by atoms with Crippen molar-refractivity contribution in [2.24, 2.45) is 0 Å². The third-order valence-corrected chi connectivity index (χ3v) is 4.00. The van der Waals surface area contributed by atoms with E-state index in [1.54, 1.807) is 7.11 Å². The van der Waals surface area contributed by atoms with E-state index in [1.165, 1.54) is 0 Å². The number of methoxy groups -OCH3 is 1. The predicted octanol–water partition coefficient (Wildman–Crippen LogP) is 4.58. The Hall–Kier alpha value is -2.00. The van der Waals surface area contributed by atoms with Crippen LogP contribution >= 0.6 is 11.6 Å². The van der Waals surface area contributed by atoms with Gasteiger partial charge < -0.3 is 10.1 Å². The minimum Gasteiger partial charge on any atom is -0.497 e. The first-order valence-electron chi connectivity index (χ1n) is 7.80. The zero-order valence-corrected chi connectivity index (χ0v) is 14.1. The third kappa shape index (κ3) is 5.29. The van der Waals surface area contributed by atoms with Gasteiger partial charge in [0.2, 0.25) is 0 Å². The molecule has 1 amide bonds. The molecule has 122 valence electrons.